The molecule has 7 nitrogen and oxygen atoms in total. The van der Waals surface area contributed by atoms with Crippen molar-refractivity contribution in [1.29, 1.82) is 0 Å². The van der Waals surface area contributed by atoms with Gasteiger partial charge in [-0.3, -0.25) is 13.9 Å². The smallest absolute Gasteiger partial charge is 0.243 e. The van der Waals surface area contributed by atoms with E-state index >= 15 is 0 Å². The molecular weight excluding hydrogens is 557 g/mol. The van der Waals surface area contributed by atoms with Crippen molar-refractivity contribution in [2.24, 2.45) is 0 Å². The number of benzene rings is 2. The number of carbonyl (C=O) groups excluding carboxylic acids is 2. The van der Waals surface area contributed by atoms with Crippen molar-refractivity contribution in [3.63, 3.8) is 0 Å². The normalized spacial score (nSPS) is 15.0. The van der Waals surface area contributed by atoms with Crippen LogP contribution in [-0.2, 0) is 26.2 Å². The zero-order chi connectivity index (χ0) is 28.6. The van der Waals surface area contributed by atoms with E-state index in [1.807, 2.05) is 32.0 Å². The molecule has 0 radical (unpaired) electrons. The van der Waals surface area contributed by atoms with Gasteiger partial charge in [0, 0.05) is 35.6 Å². The van der Waals surface area contributed by atoms with Crippen molar-refractivity contribution in [1.82, 2.24) is 10.2 Å². The van der Waals surface area contributed by atoms with E-state index in [0.29, 0.717) is 22.2 Å². The SMILES string of the molecule is CCC(C(=O)NC1CCCCC1)N(Cc1ccccc1Cl)C(=O)CCCN(c1cc(Cl)ccc1C)S(C)(=O)=O. The highest BCUT2D eigenvalue weighted by atomic mass is 35.5. The van der Waals surface area contributed by atoms with Crippen molar-refractivity contribution in [3.8, 4) is 0 Å². The van der Waals surface area contributed by atoms with Crippen molar-refractivity contribution >= 4 is 50.7 Å². The molecule has 0 aliphatic heterocycles. The second-order valence-corrected chi connectivity index (χ2v) is 13.0. The lowest BCUT2D eigenvalue weighted by molar-refractivity contribution is -0.141. The molecule has 2 aromatic carbocycles. The molecule has 0 saturated heterocycles. The Balaban J connectivity index is 1.79. The highest BCUT2D eigenvalue weighted by Crippen LogP contribution is 2.27. The van der Waals surface area contributed by atoms with Gasteiger partial charge in [-0.05, 0) is 61.9 Å². The average molecular weight is 597 g/mol. The lowest BCUT2D eigenvalue weighted by Gasteiger charge is -2.33. The fourth-order valence-corrected chi connectivity index (χ4v) is 6.48. The van der Waals surface area contributed by atoms with E-state index in [-0.39, 0.29) is 43.8 Å². The van der Waals surface area contributed by atoms with Gasteiger partial charge in [-0.1, -0.05) is 73.7 Å². The number of nitrogens with zero attached hydrogens (tertiary/aromatic N) is 2. The van der Waals surface area contributed by atoms with Crippen LogP contribution in [0.1, 0.15) is 69.4 Å². The summed E-state index contributed by atoms with van der Waals surface area (Å²) >= 11 is 12.6. The van der Waals surface area contributed by atoms with E-state index in [1.165, 1.54) is 10.7 Å². The van der Waals surface area contributed by atoms with E-state index in [0.717, 1.165) is 43.1 Å². The Hall–Kier alpha value is -2.29. The van der Waals surface area contributed by atoms with E-state index < -0.39 is 16.1 Å². The van der Waals surface area contributed by atoms with Gasteiger partial charge in [0.25, 0.3) is 0 Å². The maximum atomic E-state index is 13.7. The Bertz CT molecular complexity index is 1250. The summed E-state index contributed by atoms with van der Waals surface area (Å²) in [6.07, 6.45) is 7.20. The van der Waals surface area contributed by atoms with Gasteiger partial charge < -0.3 is 10.2 Å². The quantitative estimate of drug-likeness (QED) is 0.321. The first-order valence-electron chi connectivity index (χ1n) is 13.6. The number of amides is 2. The molecule has 1 aliphatic rings. The van der Waals surface area contributed by atoms with Gasteiger partial charge in [0.1, 0.15) is 6.04 Å². The molecule has 1 aliphatic carbocycles. The van der Waals surface area contributed by atoms with E-state index in [9.17, 15) is 18.0 Å². The lowest BCUT2D eigenvalue weighted by atomic mass is 9.95. The Labute approximate surface area is 242 Å². The monoisotopic (exact) mass is 595 g/mol. The molecule has 0 aromatic heterocycles. The molecular formula is C29H39Cl2N3O4S. The zero-order valence-corrected chi connectivity index (χ0v) is 25.3. The van der Waals surface area contributed by atoms with Crippen LogP contribution in [0.3, 0.4) is 0 Å². The standard InChI is InChI=1S/C29H39Cl2N3O4S/c1-4-26(29(36)32-24-12-6-5-7-13-24)33(20-22-11-8-9-14-25(22)31)28(35)15-10-18-34(39(3,37)38)27-19-23(30)17-16-21(27)2/h8-9,11,14,16-17,19,24,26H,4-7,10,12-13,15,18,20H2,1-3H3,(H,32,36). The third kappa shape index (κ3) is 8.85. The topological polar surface area (TPSA) is 86.8 Å². The zero-order valence-electron chi connectivity index (χ0n) is 23.0. The summed E-state index contributed by atoms with van der Waals surface area (Å²) in [6.45, 7) is 4.01. The third-order valence-electron chi connectivity index (χ3n) is 7.23. The number of nitrogens with one attached hydrogen (secondary N) is 1. The van der Waals surface area contributed by atoms with Crippen LogP contribution in [0, 0.1) is 6.92 Å². The largest absolute Gasteiger partial charge is 0.352 e. The Morgan fingerprint density at radius 3 is 2.41 bits per heavy atom. The Morgan fingerprint density at radius 2 is 1.77 bits per heavy atom. The summed E-state index contributed by atoms with van der Waals surface area (Å²) in [5, 5.41) is 4.12. The molecule has 0 spiro atoms. The number of anilines is 1. The van der Waals surface area contributed by atoms with Gasteiger partial charge in [-0.25, -0.2) is 8.42 Å². The molecule has 1 unspecified atom stereocenters. The summed E-state index contributed by atoms with van der Waals surface area (Å²) in [4.78, 5) is 28.6. The van der Waals surface area contributed by atoms with Gasteiger partial charge in [0.15, 0.2) is 0 Å². The predicted octanol–water partition coefficient (Wildman–Crippen LogP) is 6.10. The van der Waals surface area contributed by atoms with Gasteiger partial charge in [0.2, 0.25) is 21.8 Å². The first-order valence-corrected chi connectivity index (χ1v) is 16.2. The molecule has 0 bridgehead atoms. The fourth-order valence-electron chi connectivity index (χ4n) is 5.11. The summed E-state index contributed by atoms with van der Waals surface area (Å²) < 4.78 is 26.6. The summed E-state index contributed by atoms with van der Waals surface area (Å²) in [5.74, 6) is -0.381. The molecule has 0 heterocycles. The molecule has 39 heavy (non-hydrogen) atoms. The van der Waals surface area contributed by atoms with Crippen LogP contribution in [0.5, 0.6) is 0 Å². The molecule has 1 fully saturated rings. The van der Waals surface area contributed by atoms with Crippen LogP contribution in [0.25, 0.3) is 0 Å². The molecule has 1 atom stereocenters. The number of hydrogen-bond acceptors (Lipinski definition) is 4. The summed E-state index contributed by atoms with van der Waals surface area (Å²) in [7, 11) is -3.61. The number of aryl methyl sites for hydroxylation is 1. The highest BCUT2D eigenvalue weighted by Gasteiger charge is 2.31. The molecule has 1 saturated carbocycles. The van der Waals surface area contributed by atoms with Crippen LogP contribution in [0.15, 0.2) is 42.5 Å². The minimum Gasteiger partial charge on any atom is -0.352 e. The Kier molecular flexibility index (Phi) is 11.5. The molecule has 214 valence electrons. The number of carbonyl (C=O) groups is 2. The molecule has 1 N–H and O–H groups in total. The van der Waals surface area contributed by atoms with Crippen LogP contribution >= 0.6 is 23.2 Å². The Morgan fingerprint density at radius 1 is 1.08 bits per heavy atom. The van der Waals surface area contributed by atoms with Gasteiger partial charge >= 0.3 is 0 Å². The molecule has 10 heteroatoms. The fraction of sp³-hybridized carbons (Fsp3) is 0.517. The number of rotatable bonds is 12. The van der Waals surface area contributed by atoms with Gasteiger partial charge in [-0.15, -0.1) is 0 Å². The van der Waals surface area contributed by atoms with Crippen LogP contribution in [0.4, 0.5) is 5.69 Å². The van der Waals surface area contributed by atoms with Crippen LogP contribution < -0.4 is 9.62 Å². The number of hydrogen-bond donors (Lipinski definition) is 1. The summed E-state index contributed by atoms with van der Waals surface area (Å²) in [5.41, 5.74) is 2.01. The van der Waals surface area contributed by atoms with Crippen LogP contribution in [0.2, 0.25) is 10.0 Å². The molecule has 3 rings (SSSR count). The molecule has 2 aromatic rings. The van der Waals surface area contributed by atoms with E-state index in [1.54, 1.807) is 29.2 Å². The van der Waals surface area contributed by atoms with Crippen molar-refractivity contribution in [2.45, 2.75) is 83.8 Å². The van der Waals surface area contributed by atoms with E-state index in [2.05, 4.69) is 5.32 Å². The van der Waals surface area contributed by atoms with Crippen molar-refractivity contribution in [2.75, 3.05) is 17.1 Å². The summed E-state index contributed by atoms with van der Waals surface area (Å²) in [6, 6.07) is 11.9. The molecule has 2 amide bonds. The van der Waals surface area contributed by atoms with E-state index in [4.69, 9.17) is 23.2 Å². The predicted molar refractivity (Wildman–Crippen MR) is 159 cm³/mol. The first kappa shape index (κ1) is 31.2. The third-order valence-corrected chi connectivity index (χ3v) is 9.01. The van der Waals surface area contributed by atoms with Crippen molar-refractivity contribution < 1.29 is 18.0 Å². The highest BCUT2D eigenvalue weighted by molar-refractivity contribution is 7.92. The minimum absolute atomic E-state index is 0.0727. The van der Waals surface area contributed by atoms with Gasteiger partial charge in [-0.2, -0.15) is 0 Å². The maximum absolute atomic E-state index is 13.7. The second kappa shape index (κ2) is 14.4. The number of halogens is 2. The average Bonchev–Trinajstić information content (AvgIpc) is 2.89. The second-order valence-electron chi connectivity index (χ2n) is 10.3. The minimum atomic E-state index is -3.61. The first-order chi connectivity index (χ1) is 18.5. The van der Waals surface area contributed by atoms with Crippen LogP contribution in [-0.4, -0.2) is 50.0 Å². The van der Waals surface area contributed by atoms with Gasteiger partial charge in [0.05, 0.1) is 11.9 Å². The maximum Gasteiger partial charge on any atom is 0.243 e. The number of sulfonamides is 1. The lowest BCUT2D eigenvalue weighted by Crippen LogP contribution is -2.51. The van der Waals surface area contributed by atoms with Crippen molar-refractivity contribution in [3.05, 3.63) is 63.6 Å².